The zero-order valence-electron chi connectivity index (χ0n) is 19.7. The van der Waals surface area contributed by atoms with E-state index in [-0.39, 0.29) is 11.9 Å². The predicted molar refractivity (Wildman–Crippen MR) is 120 cm³/mol. The number of rotatable bonds is 12. The molecule has 0 spiro atoms. The SMILES string of the molecule is CCN(CC)CCC[C@H](C)NC(=O)c1c(C)noc1-c1cc(OC)c(OC)c(OC)c1. The lowest BCUT2D eigenvalue weighted by Gasteiger charge is -2.19. The second-order valence-electron chi connectivity index (χ2n) is 7.43. The molecule has 1 N–H and O–H groups in total. The highest BCUT2D eigenvalue weighted by molar-refractivity contribution is 6.01. The molecule has 1 amide bonds. The van der Waals surface area contributed by atoms with E-state index in [0.717, 1.165) is 32.5 Å². The van der Waals surface area contributed by atoms with Crippen molar-refractivity contribution in [2.75, 3.05) is 41.0 Å². The molecular formula is C23H35N3O5. The first-order chi connectivity index (χ1) is 14.9. The number of amides is 1. The largest absolute Gasteiger partial charge is 0.493 e. The minimum absolute atomic E-state index is 0.0325. The average molecular weight is 434 g/mol. The first-order valence-electron chi connectivity index (χ1n) is 10.7. The Balaban J connectivity index is 2.22. The third kappa shape index (κ3) is 5.91. The number of methoxy groups -OCH3 is 3. The number of aromatic nitrogens is 1. The highest BCUT2D eigenvalue weighted by Gasteiger charge is 2.25. The Labute approximate surface area is 184 Å². The van der Waals surface area contributed by atoms with Gasteiger partial charge in [0.15, 0.2) is 17.3 Å². The lowest BCUT2D eigenvalue weighted by atomic mass is 10.0. The summed E-state index contributed by atoms with van der Waals surface area (Å²) in [5.74, 6) is 1.57. The van der Waals surface area contributed by atoms with Crippen LogP contribution >= 0.6 is 0 Å². The number of hydrogen-bond acceptors (Lipinski definition) is 7. The maximum absolute atomic E-state index is 13.1. The van der Waals surface area contributed by atoms with Crippen LogP contribution in [0.5, 0.6) is 17.2 Å². The fraction of sp³-hybridized carbons (Fsp3) is 0.565. The smallest absolute Gasteiger partial charge is 0.257 e. The van der Waals surface area contributed by atoms with Crippen LogP contribution in [-0.4, -0.2) is 63.0 Å². The molecule has 1 heterocycles. The molecule has 0 saturated heterocycles. The van der Waals surface area contributed by atoms with Crippen molar-refractivity contribution in [3.05, 3.63) is 23.4 Å². The van der Waals surface area contributed by atoms with Crippen LogP contribution in [0.15, 0.2) is 16.7 Å². The molecule has 2 rings (SSSR count). The summed E-state index contributed by atoms with van der Waals surface area (Å²) in [6.07, 6.45) is 1.91. The zero-order chi connectivity index (χ0) is 23.0. The summed E-state index contributed by atoms with van der Waals surface area (Å²) in [5, 5.41) is 7.11. The first kappa shape index (κ1) is 24.5. The molecular weight excluding hydrogens is 398 g/mol. The number of benzene rings is 1. The van der Waals surface area contributed by atoms with E-state index < -0.39 is 0 Å². The third-order valence-corrected chi connectivity index (χ3v) is 5.40. The molecule has 0 aliphatic rings. The lowest BCUT2D eigenvalue weighted by molar-refractivity contribution is 0.0937. The van der Waals surface area contributed by atoms with Crippen molar-refractivity contribution in [1.29, 1.82) is 0 Å². The Kier molecular flexibility index (Phi) is 9.18. The molecule has 0 unspecified atom stereocenters. The van der Waals surface area contributed by atoms with E-state index in [4.69, 9.17) is 18.7 Å². The van der Waals surface area contributed by atoms with Crippen molar-refractivity contribution in [3.63, 3.8) is 0 Å². The highest BCUT2D eigenvalue weighted by atomic mass is 16.5. The number of carbonyl (C=O) groups is 1. The zero-order valence-corrected chi connectivity index (χ0v) is 19.7. The standard InChI is InChI=1S/C23H35N3O5/c1-8-26(9-2)12-10-11-15(3)24-23(27)20-16(4)25-31-21(20)17-13-18(28-5)22(30-7)19(14-17)29-6/h13-15H,8-12H2,1-7H3,(H,24,27)/t15-/m0/s1. The molecule has 0 bridgehead atoms. The Morgan fingerprint density at radius 1 is 1.13 bits per heavy atom. The van der Waals surface area contributed by atoms with E-state index in [1.54, 1.807) is 40.4 Å². The Morgan fingerprint density at radius 3 is 2.26 bits per heavy atom. The number of nitrogens with zero attached hydrogens (tertiary/aromatic N) is 2. The van der Waals surface area contributed by atoms with Gasteiger partial charge in [0, 0.05) is 11.6 Å². The summed E-state index contributed by atoms with van der Waals surface area (Å²) >= 11 is 0. The van der Waals surface area contributed by atoms with Gasteiger partial charge in [0.05, 0.1) is 27.0 Å². The van der Waals surface area contributed by atoms with Gasteiger partial charge < -0.3 is 29.0 Å². The summed E-state index contributed by atoms with van der Waals surface area (Å²) in [7, 11) is 4.62. The molecule has 31 heavy (non-hydrogen) atoms. The van der Waals surface area contributed by atoms with Crippen LogP contribution in [0.4, 0.5) is 0 Å². The number of aryl methyl sites for hydroxylation is 1. The van der Waals surface area contributed by atoms with Crippen molar-refractivity contribution >= 4 is 5.91 Å². The van der Waals surface area contributed by atoms with Crippen LogP contribution in [0, 0.1) is 6.92 Å². The van der Waals surface area contributed by atoms with Crippen molar-refractivity contribution in [1.82, 2.24) is 15.4 Å². The van der Waals surface area contributed by atoms with Gasteiger partial charge in [-0.3, -0.25) is 4.79 Å². The molecule has 1 atom stereocenters. The molecule has 0 saturated carbocycles. The minimum atomic E-state index is -0.210. The van der Waals surface area contributed by atoms with Crippen molar-refractivity contribution in [2.45, 2.75) is 46.6 Å². The van der Waals surface area contributed by atoms with Gasteiger partial charge in [0.25, 0.3) is 5.91 Å². The van der Waals surface area contributed by atoms with Gasteiger partial charge in [-0.15, -0.1) is 0 Å². The molecule has 1 aromatic carbocycles. The number of hydrogen-bond donors (Lipinski definition) is 1. The first-order valence-corrected chi connectivity index (χ1v) is 10.7. The van der Waals surface area contributed by atoms with Crippen LogP contribution in [-0.2, 0) is 0 Å². The van der Waals surface area contributed by atoms with E-state index in [1.165, 1.54) is 0 Å². The normalized spacial score (nSPS) is 12.0. The fourth-order valence-electron chi connectivity index (χ4n) is 3.58. The van der Waals surface area contributed by atoms with Gasteiger partial charge in [-0.1, -0.05) is 19.0 Å². The van der Waals surface area contributed by atoms with Crippen LogP contribution in [0.2, 0.25) is 0 Å². The van der Waals surface area contributed by atoms with Gasteiger partial charge in [-0.25, -0.2) is 0 Å². The van der Waals surface area contributed by atoms with Gasteiger partial charge in [-0.2, -0.15) is 0 Å². The second-order valence-corrected chi connectivity index (χ2v) is 7.43. The van der Waals surface area contributed by atoms with Gasteiger partial charge in [0.1, 0.15) is 5.56 Å². The summed E-state index contributed by atoms with van der Waals surface area (Å²) in [5.41, 5.74) is 1.55. The fourth-order valence-corrected chi connectivity index (χ4v) is 3.58. The van der Waals surface area contributed by atoms with E-state index in [1.807, 2.05) is 6.92 Å². The van der Waals surface area contributed by atoms with E-state index in [0.29, 0.717) is 39.8 Å². The third-order valence-electron chi connectivity index (χ3n) is 5.40. The number of nitrogens with one attached hydrogen (secondary N) is 1. The number of ether oxygens (including phenoxy) is 3. The maximum Gasteiger partial charge on any atom is 0.257 e. The molecule has 2 aromatic rings. The van der Waals surface area contributed by atoms with Gasteiger partial charge in [0.2, 0.25) is 5.75 Å². The minimum Gasteiger partial charge on any atom is -0.493 e. The van der Waals surface area contributed by atoms with Crippen LogP contribution in [0.1, 0.15) is 49.7 Å². The highest BCUT2D eigenvalue weighted by Crippen LogP contribution is 2.42. The summed E-state index contributed by atoms with van der Waals surface area (Å²) in [6.45, 7) is 11.2. The van der Waals surface area contributed by atoms with Crippen molar-refractivity contribution < 1.29 is 23.5 Å². The van der Waals surface area contributed by atoms with E-state index in [9.17, 15) is 4.79 Å². The molecule has 1 aromatic heterocycles. The maximum atomic E-state index is 13.1. The molecule has 0 aliphatic carbocycles. The van der Waals surface area contributed by atoms with Crippen molar-refractivity contribution in [3.8, 4) is 28.6 Å². The molecule has 0 aliphatic heterocycles. The lowest BCUT2D eigenvalue weighted by Crippen LogP contribution is -2.34. The average Bonchev–Trinajstić information content (AvgIpc) is 3.17. The van der Waals surface area contributed by atoms with E-state index >= 15 is 0 Å². The molecule has 0 radical (unpaired) electrons. The Bertz CT molecular complexity index is 836. The van der Waals surface area contributed by atoms with Crippen molar-refractivity contribution in [2.24, 2.45) is 0 Å². The summed E-state index contributed by atoms with van der Waals surface area (Å²) < 4.78 is 21.8. The molecule has 8 heteroatoms. The number of carbonyl (C=O) groups excluding carboxylic acids is 1. The Hall–Kier alpha value is -2.74. The van der Waals surface area contributed by atoms with Crippen LogP contribution < -0.4 is 19.5 Å². The molecule has 172 valence electrons. The van der Waals surface area contributed by atoms with E-state index in [2.05, 4.69) is 29.2 Å². The van der Waals surface area contributed by atoms with Crippen LogP contribution in [0.3, 0.4) is 0 Å². The van der Waals surface area contributed by atoms with Crippen LogP contribution in [0.25, 0.3) is 11.3 Å². The molecule has 8 nitrogen and oxygen atoms in total. The quantitative estimate of drug-likeness (QED) is 0.543. The summed E-state index contributed by atoms with van der Waals surface area (Å²) in [6, 6.07) is 3.52. The predicted octanol–water partition coefficient (Wildman–Crippen LogP) is 3.92. The Morgan fingerprint density at radius 2 is 1.74 bits per heavy atom. The second kappa shape index (κ2) is 11.6. The van der Waals surface area contributed by atoms with Gasteiger partial charge >= 0.3 is 0 Å². The topological polar surface area (TPSA) is 86.1 Å². The van der Waals surface area contributed by atoms with Gasteiger partial charge in [-0.05, 0) is 58.5 Å². The molecule has 0 fully saturated rings. The summed E-state index contributed by atoms with van der Waals surface area (Å²) in [4.78, 5) is 15.4. The monoisotopic (exact) mass is 433 g/mol.